The second-order valence-electron chi connectivity index (χ2n) is 6.67. The standard InChI is InChI=1S/C20H28N6OS/c1-3-10-22-20(28)23-11-6-12-26-16(9-13-27-2)25-17-18(26)14-7-4-5-8-15(14)24-19(17)21/h4-5,7-8H,3,6,9-13H2,1-2H3,(H2,21,24)(H2,22,23,28). The number of nitrogens with one attached hydrogen (secondary N) is 2. The molecule has 0 bridgehead atoms. The molecular formula is C20H28N6OS. The van der Waals surface area contributed by atoms with Crippen LogP contribution in [-0.2, 0) is 17.7 Å². The van der Waals surface area contributed by atoms with E-state index >= 15 is 0 Å². The van der Waals surface area contributed by atoms with Crippen molar-refractivity contribution in [2.75, 3.05) is 32.5 Å². The van der Waals surface area contributed by atoms with E-state index in [2.05, 4.69) is 33.2 Å². The molecule has 0 saturated carbocycles. The predicted octanol–water partition coefficient (Wildman–Crippen LogP) is 2.62. The van der Waals surface area contributed by atoms with Crippen molar-refractivity contribution in [3.05, 3.63) is 30.1 Å². The maximum Gasteiger partial charge on any atom is 0.166 e. The third kappa shape index (κ3) is 4.51. The minimum atomic E-state index is 0.467. The maximum absolute atomic E-state index is 6.22. The number of fused-ring (bicyclic) bond motifs is 3. The number of hydrogen-bond donors (Lipinski definition) is 3. The minimum absolute atomic E-state index is 0.467. The molecule has 0 spiro atoms. The summed E-state index contributed by atoms with van der Waals surface area (Å²) in [5, 5.41) is 8.22. The Bertz CT molecular complexity index is 955. The number of aryl methyl sites for hydroxylation is 1. The molecule has 150 valence electrons. The zero-order chi connectivity index (χ0) is 19.9. The van der Waals surface area contributed by atoms with Crippen molar-refractivity contribution >= 4 is 45.1 Å². The van der Waals surface area contributed by atoms with Crippen LogP contribution in [0.4, 0.5) is 5.82 Å². The first kappa shape index (κ1) is 20.3. The number of hydrogen-bond acceptors (Lipinski definition) is 5. The van der Waals surface area contributed by atoms with Crippen molar-refractivity contribution in [1.29, 1.82) is 0 Å². The number of nitrogens with zero attached hydrogens (tertiary/aromatic N) is 3. The van der Waals surface area contributed by atoms with Crippen LogP contribution in [0.25, 0.3) is 21.9 Å². The molecule has 3 aromatic rings. The Morgan fingerprint density at radius 3 is 2.79 bits per heavy atom. The third-order valence-corrected chi connectivity index (χ3v) is 4.89. The summed E-state index contributed by atoms with van der Waals surface area (Å²) in [7, 11) is 1.70. The summed E-state index contributed by atoms with van der Waals surface area (Å²) in [6.45, 7) is 5.21. The fourth-order valence-corrected chi connectivity index (χ4v) is 3.47. The molecule has 0 radical (unpaired) electrons. The first-order valence-electron chi connectivity index (χ1n) is 9.69. The molecule has 3 rings (SSSR count). The zero-order valence-corrected chi connectivity index (χ0v) is 17.3. The Kier molecular flexibility index (Phi) is 7.00. The average molecular weight is 401 g/mol. The van der Waals surface area contributed by atoms with E-state index in [0.29, 0.717) is 17.5 Å². The largest absolute Gasteiger partial charge is 0.384 e. The number of anilines is 1. The summed E-state index contributed by atoms with van der Waals surface area (Å²) in [6, 6.07) is 8.05. The lowest BCUT2D eigenvalue weighted by Crippen LogP contribution is -2.36. The molecule has 0 unspecified atom stereocenters. The van der Waals surface area contributed by atoms with Crippen molar-refractivity contribution in [1.82, 2.24) is 25.2 Å². The summed E-state index contributed by atoms with van der Waals surface area (Å²) in [6.07, 6.45) is 2.69. The van der Waals surface area contributed by atoms with Crippen molar-refractivity contribution in [2.45, 2.75) is 32.7 Å². The first-order chi connectivity index (χ1) is 13.7. The van der Waals surface area contributed by atoms with Crippen molar-refractivity contribution < 1.29 is 4.74 Å². The number of pyridine rings is 1. The van der Waals surface area contributed by atoms with Crippen LogP contribution in [0, 0.1) is 0 Å². The molecule has 2 heterocycles. The lowest BCUT2D eigenvalue weighted by Gasteiger charge is -2.13. The number of ether oxygens (including phenoxy) is 1. The van der Waals surface area contributed by atoms with Gasteiger partial charge in [-0.3, -0.25) is 0 Å². The number of nitrogen functional groups attached to an aromatic ring is 1. The molecule has 2 aromatic heterocycles. The smallest absolute Gasteiger partial charge is 0.166 e. The van der Waals surface area contributed by atoms with Crippen LogP contribution < -0.4 is 16.4 Å². The Balaban J connectivity index is 1.87. The second-order valence-corrected chi connectivity index (χ2v) is 7.08. The number of thiocarbonyl (C=S) groups is 1. The van der Waals surface area contributed by atoms with Crippen molar-refractivity contribution in [3.63, 3.8) is 0 Å². The van der Waals surface area contributed by atoms with Gasteiger partial charge in [0.2, 0.25) is 0 Å². The fourth-order valence-electron chi connectivity index (χ4n) is 3.27. The van der Waals surface area contributed by atoms with Gasteiger partial charge in [0.1, 0.15) is 11.3 Å². The van der Waals surface area contributed by atoms with Gasteiger partial charge < -0.3 is 25.7 Å². The Labute approximate surface area is 170 Å². The van der Waals surface area contributed by atoms with E-state index in [1.54, 1.807) is 7.11 Å². The fraction of sp³-hybridized carbons (Fsp3) is 0.450. The zero-order valence-electron chi connectivity index (χ0n) is 16.5. The third-order valence-electron chi connectivity index (χ3n) is 4.60. The van der Waals surface area contributed by atoms with E-state index in [-0.39, 0.29) is 0 Å². The van der Waals surface area contributed by atoms with Gasteiger partial charge in [-0.15, -0.1) is 0 Å². The number of methoxy groups -OCH3 is 1. The highest BCUT2D eigenvalue weighted by atomic mass is 32.1. The molecule has 28 heavy (non-hydrogen) atoms. The van der Waals surface area contributed by atoms with E-state index in [9.17, 15) is 0 Å². The monoisotopic (exact) mass is 400 g/mol. The van der Waals surface area contributed by atoms with Crippen molar-refractivity contribution in [3.8, 4) is 0 Å². The molecule has 1 aromatic carbocycles. The molecule has 0 aliphatic rings. The van der Waals surface area contributed by atoms with Gasteiger partial charge in [0.25, 0.3) is 0 Å². The Morgan fingerprint density at radius 1 is 1.21 bits per heavy atom. The molecule has 0 atom stereocenters. The van der Waals surface area contributed by atoms with E-state index in [1.165, 1.54) is 0 Å². The van der Waals surface area contributed by atoms with Crippen LogP contribution in [-0.4, -0.2) is 46.5 Å². The lowest BCUT2D eigenvalue weighted by molar-refractivity contribution is 0.199. The van der Waals surface area contributed by atoms with E-state index in [0.717, 1.165) is 66.7 Å². The molecule has 0 aliphatic heterocycles. The molecule has 7 nitrogen and oxygen atoms in total. The van der Waals surface area contributed by atoms with Crippen LogP contribution in [0.1, 0.15) is 25.6 Å². The topological polar surface area (TPSA) is 90.0 Å². The van der Waals surface area contributed by atoms with Crippen molar-refractivity contribution in [2.24, 2.45) is 0 Å². The normalized spacial score (nSPS) is 11.2. The second kappa shape index (κ2) is 9.66. The number of para-hydroxylation sites is 1. The molecule has 0 fully saturated rings. The predicted molar refractivity (Wildman–Crippen MR) is 119 cm³/mol. The van der Waals surface area contributed by atoms with Gasteiger partial charge in [-0.05, 0) is 31.1 Å². The van der Waals surface area contributed by atoms with Gasteiger partial charge in [0.15, 0.2) is 10.9 Å². The number of imidazole rings is 1. The van der Waals surface area contributed by atoms with E-state index in [4.69, 9.17) is 27.7 Å². The van der Waals surface area contributed by atoms with E-state index in [1.807, 2.05) is 18.2 Å². The average Bonchev–Trinajstić information content (AvgIpc) is 3.07. The highest BCUT2D eigenvalue weighted by Gasteiger charge is 2.16. The Hall–Kier alpha value is -2.45. The highest BCUT2D eigenvalue weighted by Crippen LogP contribution is 2.29. The summed E-state index contributed by atoms with van der Waals surface area (Å²) in [5.74, 6) is 1.43. The summed E-state index contributed by atoms with van der Waals surface area (Å²) >= 11 is 5.29. The SMILES string of the molecule is CCCNC(=S)NCCCn1c(CCOC)nc2c(N)nc3ccccc3c21. The van der Waals surface area contributed by atoms with Gasteiger partial charge in [-0.2, -0.15) is 0 Å². The molecular weight excluding hydrogens is 372 g/mol. The first-order valence-corrected chi connectivity index (χ1v) is 10.1. The van der Waals surface area contributed by atoms with Crippen LogP contribution in [0.3, 0.4) is 0 Å². The number of nitrogens with two attached hydrogens (primary N) is 1. The number of aromatic nitrogens is 3. The summed E-state index contributed by atoms with van der Waals surface area (Å²) in [5.41, 5.74) is 8.91. The van der Waals surface area contributed by atoms with Gasteiger partial charge in [-0.25, -0.2) is 9.97 Å². The van der Waals surface area contributed by atoms with Gasteiger partial charge in [-0.1, -0.05) is 25.1 Å². The number of benzene rings is 1. The van der Waals surface area contributed by atoms with Crippen LogP contribution in [0.5, 0.6) is 0 Å². The number of rotatable bonds is 9. The highest BCUT2D eigenvalue weighted by molar-refractivity contribution is 7.80. The van der Waals surface area contributed by atoms with Crippen LogP contribution >= 0.6 is 12.2 Å². The minimum Gasteiger partial charge on any atom is -0.384 e. The maximum atomic E-state index is 6.22. The summed E-state index contributed by atoms with van der Waals surface area (Å²) in [4.78, 5) is 9.31. The molecule has 0 amide bonds. The molecule has 8 heteroatoms. The molecule has 4 N–H and O–H groups in total. The quantitative estimate of drug-likeness (QED) is 0.376. The summed E-state index contributed by atoms with van der Waals surface area (Å²) < 4.78 is 7.52. The van der Waals surface area contributed by atoms with Crippen LogP contribution in [0.15, 0.2) is 24.3 Å². The van der Waals surface area contributed by atoms with Crippen LogP contribution in [0.2, 0.25) is 0 Å². The lowest BCUT2D eigenvalue weighted by atomic mass is 10.2. The van der Waals surface area contributed by atoms with Gasteiger partial charge in [0.05, 0.1) is 17.6 Å². The molecule has 0 aliphatic carbocycles. The van der Waals surface area contributed by atoms with Gasteiger partial charge in [0, 0.05) is 38.6 Å². The molecule has 0 saturated heterocycles. The van der Waals surface area contributed by atoms with Gasteiger partial charge >= 0.3 is 0 Å². The van der Waals surface area contributed by atoms with E-state index < -0.39 is 0 Å². The Morgan fingerprint density at radius 2 is 2.00 bits per heavy atom.